The quantitative estimate of drug-likeness (QED) is 0.936. The van der Waals surface area contributed by atoms with E-state index in [1.807, 2.05) is 0 Å². The second-order valence-electron chi connectivity index (χ2n) is 4.00. The Morgan fingerprint density at radius 1 is 1.53 bits per heavy atom. The Morgan fingerprint density at radius 2 is 2.32 bits per heavy atom. The number of nitrogens with one attached hydrogen (secondary N) is 1. The first kappa shape index (κ1) is 13.4. The van der Waals surface area contributed by atoms with Crippen LogP contribution in [0.4, 0.5) is 5.69 Å². The number of ether oxygens (including phenoxy) is 1. The summed E-state index contributed by atoms with van der Waals surface area (Å²) in [5.74, 6) is 0.370. The number of rotatable bonds is 4. The highest BCUT2D eigenvalue weighted by Gasteiger charge is 2.16. The maximum Gasteiger partial charge on any atom is 0.249 e. The zero-order valence-electron chi connectivity index (χ0n) is 10.6. The molecule has 0 radical (unpaired) electrons. The molecule has 0 bridgehead atoms. The number of halogens is 1. The summed E-state index contributed by atoms with van der Waals surface area (Å²) >= 11 is 5.91. The molecule has 1 aromatic carbocycles. The maximum atomic E-state index is 12.1. The molecular weight excluding hydrogens is 266 g/mol. The number of hydrogen-bond donors (Lipinski definition) is 1. The topological polar surface area (TPSA) is 56.1 Å². The highest BCUT2D eigenvalue weighted by molar-refractivity contribution is 6.31. The summed E-state index contributed by atoms with van der Waals surface area (Å²) in [6.45, 7) is 1.76. The van der Waals surface area contributed by atoms with Gasteiger partial charge in [0.2, 0.25) is 5.91 Å². The highest BCUT2D eigenvalue weighted by atomic mass is 35.5. The number of amides is 1. The Kier molecular flexibility index (Phi) is 4.06. The number of aromatic nitrogens is 2. The molecule has 5 nitrogen and oxygen atoms in total. The Labute approximate surface area is 116 Å². The van der Waals surface area contributed by atoms with Gasteiger partial charge in [-0.15, -0.1) is 0 Å². The molecule has 1 atom stereocenters. The van der Waals surface area contributed by atoms with E-state index in [0.29, 0.717) is 16.5 Å². The zero-order chi connectivity index (χ0) is 13.8. The van der Waals surface area contributed by atoms with Crippen LogP contribution < -0.4 is 10.1 Å². The lowest BCUT2D eigenvalue weighted by molar-refractivity contribution is -0.119. The molecule has 1 aromatic heterocycles. The van der Waals surface area contributed by atoms with Crippen molar-refractivity contribution in [3.63, 3.8) is 0 Å². The van der Waals surface area contributed by atoms with E-state index in [1.165, 1.54) is 7.11 Å². The third kappa shape index (κ3) is 3.06. The van der Waals surface area contributed by atoms with Gasteiger partial charge >= 0.3 is 0 Å². The molecule has 0 saturated carbocycles. The Bertz CT molecular complexity index is 569. The van der Waals surface area contributed by atoms with Gasteiger partial charge in [-0.05, 0) is 31.2 Å². The van der Waals surface area contributed by atoms with E-state index >= 15 is 0 Å². The van der Waals surface area contributed by atoms with Crippen molar-refractivity contribution in [3.8, 4) is 5.75 Å². The highest BCUT2D eigenvalue weighted by Crippen LogP contribution is 2.28. The lowest BCUT2D eigenvalue weighted by Crippen LogP contribution is -2.24. The summed E-state index contributed by atoms with van der Waals surface area (Å²) in [6, 6.07) is 6.40. The molecule has 1 amide bonds. The van der Waals surface area contributed by atoms with Gasteiger partial charge in [-0.25, -0.2) is 0 Å². The standard InChI is InChI=1S/C13H14ClN3O2/c1-9(17-7-3-6-15-17)13(18)16-11-8-10(14)4-5-12(11)19-2/h3-9H,1-2H3,(H,16,18). The number of anilines is 1. The summed E-state index contributed by atoms with van der Waals surface area (Å²) in [6.07, 6.45) is 3.36. The summed E-state index contributed by atoms with van der Waals surface area (Å²) in [4.78, 5) is 12.1. The lowest BCUT2D eigenvalue weighted by Gasteiger charge is -2.15. The van der Waals surface area contributed by atoms with Crippen molar-refractivity contribution in [1.29, 1.82) is 0 Å². The third-order valence-electron chi connectivity index (χ3n) is 2.72. The van der Waals surface area contributed by atoms with Gasteiger partial charge in [0.1, 0.15) is 11.8 Å². The van der Waals surface area contributed by atoms with E-state index in [4.69, 9.17) is 16.3 Å². The monoisotopic (exact) mass is 279 g/mol. The molecule has 0 saturated heterocycles. The molecular formula is C13H14ClN3O2. The van der Waals surface area contributed by atoms with Crippen molar-refractivity contribution < 1.29 is 9.53 Å². The van der Waals surface area contributed by atoms with Crippen LogP contribution in [0.15, 0.2) is 36.7 Å². The molecule has 0 aliphatic rings. The average Bonchev–Trinajstić information content (AvgIpc) is 2.92. The van der Waals surface area contributed by atoms with Crippen LogP contribution in [0.1, 0.15) is 13.0 Å². The van der Waals surface area contributed by atoms with Gasteiger partial charge in [-0.2, -0.15) is 5.10 Å². The Morgan fingerprint density at radius 3 is 2.95 bits per heavy atom. The number of methoxy groups -OCH3 is 1. The minimum absolute atomic E-state index is 0.190. The van der Waals surface area contributed by atoms with Gasteiger partial charge in [0.05, 0.1) is 12.8 Å². The molecule has 0 aliphatic carbocycles. The van der Waals surface area contributed by atoms with Gasteiger partial charge < -0.3 is 10.1 Å². The summed E-state index contributed by atoms with van der Waals surface area (Å²) < 4.78 is 6.75. The number of carbonyl (C=O) groups excluding carboxylic acids is 1. The van der Waals surface area contributed by atoms with Crippen molar-refractivity contribution in [2.75, 3.05) is 12.4 Å². The number of carbonyl (C=O) groups is 1. The first-order valence-electron chi connectivity index (χ1n) is 5.75. The van der Waals surface area contributed by atoms with Gasteiger partial charge in [-0.3, -0.25) is 9.48 Å². The molecule has 1 heterocycles. The number of hydrogen-bond acceptors (Lipinski definition) is 3. The van der Waals surface area contributed by atoms with Crippen LogP contribution in [0, 0.1) is 0 Å². The molecule has 6 heteroatoms. The van der Waals surface area contributed by atoms with Crippen LogP contribution in [0.5, 0.6) is 5.75 Å². The van der Waals surface area contributed by atoms with E-state index in [1.54, 1.807) is 48.3 Å². The van der Waals surface area contributed by atoms with Crippen LogP contribution in [-0.2, 0) is 4.79 Å². The molecule has 1 unspecified atom stereocenters. The number of nitrogens with zero attached hydrogens (tertiary/aromatic N) is 2. The van der Waals surface area contributed by atoms with Crippen molar-refractivity contribution in [3.05, 3.63) is 41.7 Å². The molecule has 2 aromatic rings. The summed E-state index contributed by atoms with van der Waals surface area (Å²) in [5.41, 5.74) is 0.541. The minimum atomic E-state index is -0.418. The van der Waals surface area contributed by atoms with E-state index in [9.17, 15) is 4.79 Å². The molecule has 0 aliphatic heterocycles. The zero-order valence-corrected chi connectivity index (χ0v) is 11.4. The van der Waals surface area contributed by atoms with Crippen LogP contribution in [0.3, 0.4) is 0 Å². The molecule has 0 fully saturated rings. The van der Waals surface area contributed by atoms with Crippen molar-refractivity contribution in [2.45, 2.75) is 13.0 Å². The van der Waals surface area contributed by atoms with Crippen LogP contribution in [-0.4, -0.2) is 22.8 Å². The predicted octanol–water partition coefficient (Wildman–Crippen LogP) is 2.74. The fourth-order valence-electron chi connectivity index (χ4n) is 1.64. The Balaban J connectivity index is 2.17. The second kappa shape index (κ2) is 5.75. The fraction of sp³-hybridized carbons (Fsp3) is 0.231. The predicted molar refractivity (Wildman–Crippen MR) is 73.6 cm³/mol. The van der Waals surface area contributed by atoms with Crippen molar-refractivity contribution in [2.24, 2.45) is 0 Å². The first-order chi connectivity index (χ1) is 9.11. The molecule has 1 N–H and O–H groups in total. The Hall–Kier alpha value is -2.01. The average molecular weight is 280 g/mol. The first-order valence-corrected chi connectivity index (χ1v) is 6.13. The lowest BCUT2D eigenvalue weighted by atomic mass is 10.2. The van der Waals surface area contributed by atoms with Gasteiger partial charge in [-0.1, -0.05) is 11.6 Å². The van der Waals surface area contributed by atoms with E-state index in [2.05, 4.69) is 10.4 Å². The smallest absolute Gasteiger partial charge is 0.249 e. The van der Waals surface area contributed by atoms with Crippen molar-refractivity contribution in [1.82, 2.24) is 9.78 Å². The van der Waals surface area contributed by atoms with Crippen LogP contribution >= 0.6 is 11.6 Å². The minimum Gasteiger partial charge on any atom is -0.495 e. The largest absolute Gasteiger partial charge is 0.495 e. The van der Waals surface area contributed by atoms with Crippen LogP contribution in [0.2, 0.25) is 5.02 Å². The molecule has 100 valence electrons. The summed E-state index contributed by atoms with van der Waals surface area (Å²) in [7, 11) is 1.54. The van der Waals surface area contributed by atoms with Gasteiger partial charge in [0, 0.05) is 17.4 Å². The third-order valence-corrected chi connectivity index (χ3v) is 2.96. The van der Waals surface area contributed by atoms with Gasteiger partial charge in [0.15, 0.2) is 0 Å². The maximum absolute atomic E-state index is 12.1. The van der Waals surface area contributed by atoms with E-state index in [-0.39, 0.29) is 5.91 Å². The second-order valence-corrected chi connectivity index (χ2v) is 4.43. The molecule has 2 rings (SSSR count). The van der Waals surface area contributed by atoms with Crippen molar-refractivity contribution >= 4 is 23.2 Å². The normalized spacial score (nSPS) is 11.9. The van der Waals surface area contributed by atoms with Crippen LogP contribution in [0.25, 0.3) is 0 Å². The van der Waals surface area contributed by atoms with E-state index in [0.717, 1.165) is 0 Å². The SMILES string of the molecule is COc1ccc(Cl)cc1NC(=O)C(C)n1cccn1. The fourth-order valence-corrected chi connectivity index (χ4v) is 1.82. The number of benzene rings is 1. The summed E-state index contributed by atoms with van der Waals surface area (Å²) in [5, 5.41) is 7.35. The van der Waals surface area contributed by atoms with E-state index < -0.39 is 6.04 Å². The van der Waals surface area contributed by atoms with Gasteiger partial charge in [0.25, 0.3) is 0 Å². The molecule has 0 spiro atoms. The molecule has 19 heavy (non-hydrogen) atoms.